The Kier molecular flexibility index (Phi) is 6.23. The van der Waals surface area contributed by atoms with Crippen LogP contribution in [0.2, 0.25) is 5.02 Å². The molecule has 3 aromatic rings. The molecule has 0 bridgehead atoms. The largest absolute Gasteiger partial charge is 0.465 e. The number of ether oxygens (including phenoxy) is 1. The molecule has 0 atom stereocenters. The highest BCUT2D eigenvalue weighted by atomic mass is 35.5. The quantitative estimate of drug-likeness (QED) is 0.433. The molecule has 0 radical (unpaired) electrons. The maximum Gasteiger partial charge on any atom is 0.341 e. The van der Waals surface area contributed by atoms with Crippen LogP contribution in [0.3, 0.4) is 0 Å². The summed E-state index contributed by atoms with van der Waals surface area (Å²) in [5.41, 5.74) is 2.25. The van der Waals surface area contributed by atoms with Gasteiger partial charge in [-0.25, -0.2) is 9.18 Å². The topological polar surface area (TPSA) is 55.4 Å². The lowest BCUT2D eigenvalue weighted by atomic mass is 10.0. The number of halogens is 2. The number of carbonyl (C=O) groups excluding carboxylic acids is 2. The fourth-order valence-corrected chi connectivity index (χ4v) is 3.58. The van der Waals surface area contributed by atoms with Gasteiger partial charge in [-0.1, -0.05) is 35.9 Å². The van der Waals surface area contributed by atoms with E-state index in [0.717, 1.165) is 5.56 Å². The number of anilines is 1. The molecule has 2 aromatic carbocycles. The molecule has 0 saturated carbocycles. The number of esters is 1. The van der Waals surface area contributed by atoms with Crippen molar-refractivity contribution in [1.82, 2.24) is 0 Å². The summed E-state index contributed by atoms with van der Waals surface area (Å²) in [4.78, 5) is 24.6. The van der Waals surface area contributed by atoms with Gasteiger partial charge in [0.2, 0.25) is 5.91 Å². The predicted molar refractivity (Wildman–Crippen MR) is 110 cm³/mol. The number of rotatable bonds is 5. The fraction of sp³-hybridized carbons (Fsp3) is 0.0476. The first kappa shape index (κ1) is 19.8. The highest BCUT2D eigenvalue weighted by molar-refractivity contribution is 7.15. The van der Waals surface area contributed by atoms with Crippen molar-refractivity contribution < 1.29 is 18.7 Å². The lowest BCUT2D eigenvalue weighted by Gasteiger charge is -2.06. The van der Waals surface area contributed by atoms with Gasteiger partial charge in [-0.15, -0.1) is 11.3 Å². The van der Waals surface area contributed by atoms with Gasteiger partial charge in [0.25, 0.3) is 0 Å². The van der Waals surface area contributed by atoms with E-state index in [1.807, 2.05) is 0 Å². The number of methoxy groups -OCH3 is 1. The fourth-order valence-electron chi connectivity index (χ4n) is 2.50. The van der Waals surface area contributed by atoms with Crippen molar-refractivity contribution in [2.75, 3.05) is 12.4 Å². The molecule has 7 heteroatoms. The van der Waals surface area contributed by atoms with Crippen LogP contribution >= 0.6 is 22.9 Å². The van der Waals surface area contributed by atoms with Crippen LogP contribution in [0.1, 0.15) is 15.9 Å². The summed E-state index contributed by atoms with van der Waals surface area (Å²) < 4.78 is 18.0. The van der Waals surface area contributed by atoms with Crippen molar-refractivity contribution in [3.05, 3.63) is 82.0 Å². The molecule has 28 heavy (non-hydrogen) atoms. The molecule has 0 unspecified atom stereocenters. The molecule has 142 valence electrons. The second-order valence-corrected chi connectivity index (χ2v) is 7.04. The Morgan fingerprint density at radius 3 is 2.43 bits per heavy atom. The summed E-state index contributed by atoms with van der Waals surface area (Å²) in [6.07, 6.45) is 3.00. The number of hydrogen-bond donors (Lipinski definition) is 1. The minimum atomic E-state index is -0.586. The van der Waals surface area contributed by atoms with Gasteiger partial charge < -0.3 is 10.1 Å². The molecule has 1 heterocycles. The molecule has 0 aliphatic rings. The van der Waals surface area contributed by atoms with Gasteiger partial charge in [-0.2, -0.15) is 0 Å². The van der Waals surface area contributed by atoms with Crippen molar-refractivity contribution in [2.24, 2.45) is 0 Å². The Hall–Kier alpha value is -2.96. The van der Waals surface area contributed by atoms with Crippen LogP contribution in [-0.4, -0.2) is 19.0 Å². The molecule has 0 saturated heterocycles. The minimum Gasteiger partial charge on any atom is -0.465 e. The van der Waals surface area contributed by atoms with Crippen LogP contribution in [0.4, 0.5) is 9.39 Å². The first-order valence-corrected chi connectivity index (χ1v) is 9.44. The number of benzene rings is 2. The summed E-state index contributed by atoms with van der Waals surface area (Å²) in [5.74, 6) is -1.36. The van der Waals surface area contributed by atoms with Gasteiger partial charge >= 0.3 is 5.97 Å². The molecule has 1 amide bonds. The zero-order chi connectivity index (χ0) is 20.1. The van der Waals surface area contributed by atoms with Gasteiger partial charge in [0.15, 0.2) is 0 Å². The number of nitrogens with one attached hydrogen (secondary N) is 1. The Morgan fingerprint density at radius 2 is 1.79 bits per heavy atom. The van der Waals surface area contributed by atoms with E-state index in [4.69, 9.17) is 16.3 Å². The van der Waals surface area contributed by atoms with Gasteiger partial charge in [0, 0.05) is 22.0 Å². The van der Waals surface area contributed by atoms with Gasteiger partial charge in [0.1, 0.15) is 16.4 Å². The zero-order valence-electron chi connectivity index (χ0n) is 14.7. The smallest absolute Gasteiger partial charge is 0.341 e. The molecule has 1 aromatic heterocycles. The van der Waals surface area contributed by atoms with E-state index in [2.05, 4.69) is 5.32 Å². The lowest BCUT2D eigenvalue weighted by molar-refractivity contribution is -0.111. The molecule has 1 N–H and O–H groups in total. The molecular weight excluding hydrogens is 401 g/mol. The van der Waals surface area contributed by atoms with Crippen LogP contribution in [0, 0.1) is 5.82 Å². The van der Waals surface area contributed by atoms with E-state index in [-0.39, 0.29) is 11.4 Å². The number of hydrogen-bond acceptors (Lipinski definition) is 4. The van der Waals surface area contributed by atoms with Crippen LogP contribution in [-0.2, 0) is 9.53 Å². The van der Waals surface area contributed by atoms with E-state index in [1.54, 1.807) is 47.9 Å². The lowest BCUT2D eigenvalue weighted by Crippen LogP contribution is -2.11. The Labute approximate surface area is 170 Å². The van der Waals surface area contributed by atoms with E-state index < -0.39 is 11.9 Å². The molecule has 4 nitrogen and oxygen atoms in total. The van der Waals surface area contributed by atoms with Crippen LogP contribution in [0.25, 0.3) is 17.2 Å². The normalized spacial score (nSPS) is 10.8. The molecule has 0 spiro atoms. The average Bonchev–Trinajstić information content (AvgIpc) is 3.11. The second kappa shape index (κ2) is 8.82. The summed E-state index contributed by atoms with van der Waals surface area (Å²) >= 11 is 7.03. The van der Waals surface area contributed by atoms with E-state index in [9.17, 15) is 14.0 Å². The van der Waals surface area contributed by atoms with Crippen molar-refractivity contribution in [1.29, 1.82) is 0 Å². The van der Waals surface area contributed by atoms with E-state index in [1.165, 1.54) is 36.7 Å². The maximum absolute atomic E-state index is 13.2. The van der Waals surface area contributed by atoms with Gasteiger partial charge in [-0.3, -0.25) is 4.79 Å². The maximum atomic E-state index is 13.2. The second-order valence-electron chi connectivity index (χ2n) is 5.73. The molecule has 0 aliphatic heterocycles. The summed E-state index contributed by atoms with van der Waals surface area (Å²) in [5, 5.41) is 5.39. The minimum absolute atomic E-state index is 0.229. The SMILES string of the molecule is COC(=O)c1c(-c2ccc(F)cc2)csc1NC(=O)C=Cc1ccc(Cl)cc1. The van der Waals surface area contributed by atoms with Crippen molar-refractivity contribution in [2.45, 2.75) is 0 Å². The third kappa shape index (κ3) is 4.65. The van der Waals surface area contributed by atoms with E-state index in [0.29, 0.717) is 21.2 Å². The van der Waals surface area contributed by atoms with Crippen LogP contribution in [0.15, 0.2) is 60.0 Å². The number of amides is 1. The summed E-state index contributed by atoms with van der Waals surface area (Å²) in [7, 11) is 1.26. The van der Waals surface area contributed by atoms with Crippen molar-refractivity contribution >= 4 is 45.9 Å². The van der Waals surface area contributed by atoms with Crippen LogP contribution in [0.5, 0.6) is 0 Å². The van der Waals surface area contributed by atoms with E-state index >= 15 is 0 Å². The van der Waals surface area contributed by atoms with Gasteiger partial charge in [-0.05, 0) is 41.5 Å². The predicted octanol–water partition coefficient (Wildman–Crippen LogP) is 5.65. The summed E-state index contributed by atoms with van der Waals surface area (Å²) in [6.45, 7) is 0. The Balaban J connectivity index is 1.85. The standard InChI is InChI=1S/C21H15ClFNO3S/c1-27-21(26)19-17(14-5-9-16(23)10-6-14)12-28-20(19)24-18(25)11-4-13-2-7-15(22)8-3-13/h2-12H,1H3,(H,24,25). The highest BCUT2D eigenvalue weighted by Crippen LogP contribution is 2.36. The molecule has 0 fully saturated rings. The highest BCUT2D eigenvalue weighted by Gasteiger charge is 2.21. The molecule has 0 aliphatic carbocycles. The zero-order valence-corrected chi connectivity index (χ0v) is 16.3. The third-order valence-corrected chi connectivity index (χ3v) is 5.02. The molecule has 3 rings (SSSR count). The van der Waals surface area contributed by atoms with Crippen LogP contribution < -0.4 is 5.32 Å². The van der Waals surface area contributed by atoms with Crippen molar-refractivity contribution in [3.63, 3.8) is 0 Å². The molecular formula is C21H15ClFNO3S. The third-order valence-electron chi connectivity index (χ3n) is 3.87. The van der Waals surface area contributed by atoms with Gasteiger partial charge in [0.05, 0.1) is 7.11 Å². The monoisotopic (exact) mass is 415 g/mol. The first-order chi connectivity index (χ1) is 13.5. The summed E-state index contributed by atoms with van der Waals surface area (Å²) in [6, 6.07) is 12.8. The van der Waals surface area contributed by atoms with Crippen molar-refractivity contribution in [3.8, 4) is 11.1 Å². The Morgan fingerprint density at radius 1 is 1.11 bits per heavy atom. The Bertz CT molecular complexity index is 1030. The number of thiophene rings is 1. The average molecular weight is 416 g/mol. The first-order valence-electron chi connectivity index (χ1n) is 8.18. The number of carbonyl (C=O) groups is 2.